The molecule has 3 atom stereocenters. The van der Waals surface area contributed by atoms with E-state index in [4.69, 9.17) is 26.8 Å². The molecule has 1 aliphatic rings. The van der Waals surface area contributed by atoms with E-state index in [1.165, 1.54) is 13.8 Å². The Kier molecular flexibility index (Phi) is 11.5. The van der Waals surface area contributed by atoms with Crippen molar-refractivity contribution in [3.05, 3.63) is 0 Å². The van der Waals surface area contributed by atoms with Crippen molar-refractivity contribution in [3.8, 4) is 0 Å². The molecule has 0 spiro atoms. The highest BCUT2D eigenvalue weighted by Crippen LogP contribution is 2.03. The smallest absolute Gasteiger partial charge is 0.320 e. The van der Waals surface area contributed by atoms with Crippen molar-refractivity contribution in [2.24, 2.45) is 11.5 Å². The summed E-state index contributed by atoms with van der Waals surface area (Å²) in [7, 11) is 0. The molecule has 0 radical (unpaired) electrons. The largest absolute Gasteiger partial charge is 0.480 e. The number of nitrogens with one attached hydrogen (secondary N) is 1. The number of carboxylic acid groups (broad SMARTS) is 3. The van der Waals surface area contributed by atoms with E-state index in [-0.39, 0.29) is 6.04 Å². The first kappa shape index (κ1) is 20.6. The predicted molar refractivity (Wildman–Crippen MR) is 71.2 cm³/mol. The van der Waals surface area contributed by atoms with Crippen LogP contribution in [0.15, 0.2) is 0 Å². The Bertz CT molecular complexity index is 295. The average molecular weight is 293 g/mol. The molecule has 1 heterocycles. The summed E-state index contributed by atoms with van der Waals surface area (Å²) in [5, 5.41) is 26.9. The fourth-order valence-corrected chi connectivity index (χ4v) is 0.895. The lowest BCUT2D eigenvalue weighted by atomic mass is 10.2. The van der Waals surface area contributed by atoms with Crippen LogP contribution in [0.25, 0.3) is 0 Å². The van der Waals surface area contributed by atoms with Gasteiger partial charge >= 0.3 is 17.9 Å². The summed E-state index contributed by atoms with van der Waals surface area (Å²) >= 11 is 0. The minimum absolute atomic E-state index is 0.269. The molecule has 0 aromatic heterocycles. The summed E-state index contributed by atoms with van der Waals surface area (Å²) in [6.45, 7) is 3.70. The fraction of sp³-hybridized carbons (Fsp3) is 0.727. The van der Waals surface area contributed by atoms with Gasteiger partial charge in [0.2, 0.25) is 0 Å². The molecule has 1 fully saturated rings. The van der Waals surface area contributed by atoms with Crippen molar-refractivity contribution in [1.29, 1.82) is 0 Å². The van der Waals surface area contributed by atoms with E-state index in [0.717, 1.165) is 19.4 Å². The number of aliphatic carboxylic acids is 3. The number of nitrogens with two attached hydrogens (primary N) is 2. The number of carboxylic acids is 3. The minimum Gasteiger partial charge on any atom is -0.480 e. The lowest BCUT2D eigenvalue weighted by Gasteiger charge is -1.99. The van der Waals surface area contributed by atoms with Gasteiger partial charge < -0.3 is 32.1 Å². The third-order valence-electron chi connectivity index (χ3n) is 2.14. The molecule has 0 bridgehead atoms. The Balaban J connectivity index is 0. The third-order valence-corrected chi connectivity index (χ3v) is 2.14. The van der Waals surface area contributed by atoms with Gasteiger partial charge in [0.05, 0.1) is 0 Å². The van der Waals surface area contributed by atoms with Crippen LogP contribution < -0.4 is 16.8 Å². The minimum atomic E-state index is -0.963. The van der Waals surface area contributed by atoms with Gasteiger partial charge in [-0.1, -0.05) is 0 Å². The Morgan fingerprint density at radius 1 is 1.05 bits per heavy atom. The lowest BCUT2D eigenvalue weighted by Crippen LogP contribution is -2.29. The summed E-state index contributed by atoms with van der Waals surface area (Å²) in [5.74, 6) is -2.65. The SMILES string of the molecule is C[C@H](N)C(=O)O.C[C@H](N)C(=O)O.O=C(O)[C@@H]1CCCN1. The molecule has 20 heavy (non-hydrogen) atoms. The second-order valence-electron chi connectivity index (χ2n) is 4.24. The second kappa shape index (κ2) is 11.1. The molecule has 8 N–H and O–H groups in total. The molecule has 0 aromatic rings. The molecule has 0 amide bonds. The number of carbonyl (C=O) groups is 3. The van der Waals surface area contributed by atoms with Crippen LogP contribution in [0.4, 0.5) is 0 Å². The fourth-order valence-electron chi connectivity index (χ4n) is 0.895. The summed E-state index contributed by atoms with van der Waals surface area (Å²) in [5.41, 5.74) is 9.67. The molecule has 9 heteroatoms. The predicted octanol–water partition coefficient (Wildman–Crippen LogP) is -1.34. The highest BCUT2D eigenvalue weighted by molar-refractivity contribution is 5.73. The second-order valence-corrected chi connectivity index (χ2v) is 4.24. The van der Waals surface area contributed by atoms with Crippen molar-refractivity contribution >= 4 is 17.9 Å². The maximum atomic E-state index is 10.1. The van der Waals surface area contributed by atoms with Gasteiger partial charge in [0.25, 0.3) is 0 Å². The van der Waals surface area contributed by atoms with E-state index in [9.17, 15) is 14.4 Å². The molecule has 0 unspecified atom stereocenters. The molecule has 1 rings (SSSR count). The van der Waals surface area contributed by atoms with Gasteiger partial charge in [0, 0.05) is 0 Å². The van der Waals surface area contributed by atoms with Crippen LogP contribution in [0.2, 0.25) is 0 Å². The first-order valence-electron chi connectivity index (χ1n) is 6.02. The normalized spacial score (nSPS) is 19.5. The van der Waals surface area contributed by atoms with Crippen LogP contribution in [-0.4, -0.2) is 57.9 Å². The van der Waals surface area contributed by atoms with Crippen molar-refractivity contribution in [2.75, 3.05) is 6.54 Å². The highest BCUT2D eigenvalue weighted by atomic mass is 16.4. The maximum Gasteiger partial charge on any atom is 0.320 e. The quantitative estimate of drug-likeness (QED) is 0.367. The molecule has 9 nitrogen and oxygen atoms in total. The van der Waals surface area contributed by atoms with E-state index < -0.39 is 30.0 Å². The first-order valence-corrected chi connectivity index (χ1v) is 6.02. The van der Waals surface area contributed by atoms with Gasteiger partial charge in [-0.2, -0.15) is 0 Å². The summed E-state index contributed by atoms with van der Waals surface area (Å²) in [6.07, 6.45) is 1.78. The molecule has 0 aromatic carbocycles. The molecular formula is C11H23N3O6. The van der Waals surface area contributed by atoms with E-state index in [1.807, 2.05) is 0 Å². The standard InChI is InChI=1S/C5H9NO2.2C3H7NO2/c7-5(8)4-2-1-3-6-4;2*1-2(4)3(5)6/h4,6H,1-3H2,(H,7,8);2*2H,4H2,1H3,(H,5,6)/t4-;2*2-/m000/s1. The van der Waals surface area contributed by atoms with Crippen LogP contribution in [0.3, 0.4) is 0 Å². The van der Waals surface area contributed by atoms with Gasteiger partial charge in [-0.05, 0) is 33.2 Å². The van der Waals surface area contributed by atoms with Crippen molar-refractivity contribution in [1.82, 2.24) is 5.32 Å². The van der Waals surface area contributed by atoms with E-state index in [2.05, 4.69) is 5.32 Å². The molecular weight excluding hydrogens is 270 g/mol. The summed E-state index contributed by atoms with van der Waals surface area (Å²) in [4.78, 5) is 29.3. The van der Waals surface area contributed by atoms with Gasteiger partial charge in [-0.15, -0.1) is 0 Å². The Hall–Kier alpha value is -1.71. The van der Waals surface area contributed by atoms with Crippen LogP contribution in [0.5, 0.6) is 0 Å². The lowest BCUT2D eigenvalue weighted by molar-refractivity contribution is -0.139. The van der Waals surface area contributed by atoms with Crippen LogP contribution >= 0.6 is 0 Å². The highest BCUT2D eigenvalue weighted by Gasteiger charge is 2.20. The van der Waals surface area contributed by atoms with Gasteiger partial charge in [0.1, 0.15) is 18.1 Å². The molecule has 118 valence electrons. The average Bonchev–Trinajstić information content (AvgIpc) is 2.83. The zero-order valence-electron chi connectivity index (χ0n) is 11.6. The first-order chi connectivity index (χ1) is 9.09. The van der Waals surface area contributed by atoms with Crippen molar-refractivity contribution < 1.29 is 29.7 Å². The van der Waals surface area contributed by atoms with Crippen molar-refractivity contribution in [2.45, 2.75) is 44.8 Å². The number of rotatable bonds is 3. The van der Waals surface area contributed by atoms with Gasteiger partial charge in [-0.25, -0.2) is 0 Å². The Morgan fingerprint density at radius 2 is 1.40 bits per heavy atom. The van der Waals surface area contributed by atoms with E-state index in [0.29, 0.717) is 0 Å². The topological polar surface area (TPSA) is 176 Å². The summed E-state index contributed by atoms with van der Waals surface area (Å²) < 4.78 is 0. The Morgan fingerprint density at radius 3 is 1.50 bits per heavy atom. The summed E-state index contributed by atoms with van der Waals surface area (Å²) in [6, 6.07) is -1.73. The van der Waals surface area contributed by atoms with Crippen LogP contribution in [-0.2, 0) is 14.4 Å². The van der Waals surface area contributed by atoms with Crippen LogP contribution in [0.1, 0.15) is 26.7 Å². The number of hydrogen-bond donors (Lipinski definition) is 6. The molecule has 0 aliphatic carbocycles. The van der Waals surface area contributed by atoms with Crippen molar-refractivity contribution in [3.63, 3.8) is 0 Å². The Labute approximate surface area is 116 Å². The monoisotopic (exact) mass is 293 g/mol. The van der Waals surface area contributed by atoms with E-state index >= 15 is 0 Å². The molecule has 1 aliphatic heterocycles. The molecule has 0 saturated carbocycles. The van der Waals surface area contributed by atoms with Crippen LogP contribution in [0, 0.1) is 0 Å². The zero-order chi connectivity index (χ0) is 16.3. The zero-order valence-corrected chi connectivity index (χ0v) is 11.6. The van der Waals surface area contributed by atoms with E-state index in [1.54, 1.807) is 0 Å². The van der Waals surface area contributed by atoms with Gasteiger partial charge in [0.15, 0.2) is 0 Å². The maximum absolute atomic E-state index is 10.1. The third kappa shape index (κ3) is 12.7. The van der Waals surface area contributed by atoms with Gasteiger partial charge in [-0.3, -0.25) is 14.4 Å². The molecule has 1 saturated heterocycles. The number of hydrogen-bond acceptors (Lipinski definition) is 6.